The fourth-order valence-corrected chi connectivity index (χ4v) is 4.75. The third kappa shape index (κ3) is 5.40. The summed E-state index contributed by atoms with van der Waals surface area (Å²) in [6.07, 6.45) is 7.41. The number of anilines is 3. The van der Waals surface area contributed by atoms with E-state index in [0.29, 0.717) is 5.69 Å². The van der Waals surface area contributed by atoms with Crippen molar-refractivity contribution in [3.05, 3.63) is 47.5 Å². The number of fused-ring (bicyclic) bond motifs is 2. The molecule has 7 nitrogen and oxygen atoms in total. The van der Waals surface area contributed by atoms with Crippen LogP contribution in [0.2, 0.25) is 0 Å². The Hall–Kier alpha value is -3.19. The minimum atomic E-state index is -0.352. The number of aromatic hydroxyl groups is 3. The maximum atomic E-state index is 13.5. The molecule has 0 radical (unpaired) electrons. The van der Waals surface area contributed by atoms with Gasteiger partial charge in [-0.25, -0.2) is 0 Å². The van der Waals surface area contributed by atoms with Crippen molar-refractivity contribution in [1.29, 1.82) is 0 Å². The molecule has 2 unspecified atom stereocenters. The molecule has 7 heteroatoms. The van der Waals surface area contributed by atoms with Gasteiger partial charge >= 0.3 is 0 Å². The Morgan fingerprint density at radius 2 is 1.97 bits per heavy atom. The molecule has 2 heterocycles. The maximum absolute atomic E-state index is 13.5. The topological polar surface area (TPSA) is 106 Å². The van der Waals surface area contributed by atoms with E-state index in [4.69, 9.17) is 4.74 Å². The molecule has 1 fully saturated rings. The molecule has 2 aromatic carbocycles. The molecule has 1 amide bonds. The lowest BCUT2D eigenvalue weighted by Crippen LogP contribution is -2.35. The molecule has 2 aliphatic rings. The summed E-state index contributed by atoms with van der Waals surface area (Å²) in [6.45, 7) is 9.00. The van der Waals surface area contributed by atoms with Gasteiger partial charge in [-0.15, -0.1) is 0 Å². The minimum absolute atomic E-state index is 0.0980. The van der Waals surface area contributed by atoms with Crippen molar-refractivity contribution in [3.63, 3.8) is 0 Å². The Labute approximate surface area is 207 Å². The lowest BCUT2D eigenvalue weighted by Gasteiger charge is -2.23. The average Bonchev–Trinajstić information content (AvgIpc) is 3.44. The number of hydrogen-bond donors (Lipinski definition) is 4. The van der Waals surface area contributed by atoms with E-state index >= 15 is 0 Å². The Kier molecular flexibility index (Phi) is 6.99. The fourth-order valence-electron chi connectivity index (χ4n) is 4.75. The number of nitrogens with zero attached hydrogens (tertiary/aromatic N) is 1. The summed E-state index contributed by atoms with van der Waals surface area (Å²) in [4.78, 5) is 15.1. The summed E-state index contributed by atoms with van der Waals surface area (Å²) >= 11 is 0. The minimum Gasteiger partial charge on any atom is -0.508 e. The second-order valence-electron chi connectivity index (χ2n) is 10.4. The predicted octanol–water partition coefficient (Wildman–Crippen LogP) is 6.22. The van der Waals surface area contributed by atoms with Crippen LogP contribution in [0.4, 0.5) is 17.1 Å². The lowest BCUT2D eigenvalue weighted by atomic mass is 9.98. The van der Waals surface area contributed by atoms with E-state index in [-0.39, 0.29) is 58.3 Å². The number of nitrogens with one attached hydrogen (secondary N) is 1. The highest BCUT2D eigenvalue weighted by Gasteiger charge is 2.53. The van der Waals surface area contributed by atoms with Crippen LogP contribution >= 0.6 is 0 Å². The Morgan fingerprint density at radius 1 is 1.20 bits per heavy atom. The number of rotatable bonds is 9. The number of amides is 1. The van der Waals surface area contributed by atoms with Crippen molar-refractivity contribution in [1.82, 2.24) is 0 Å². The highest BCUT2D eigenvalue weighted by atomic mass is 16.6. The largest absolute Gasteiger partial charge is 0.508 e. The molecule has 2 aliphatic heterocycles. The van der Waals surface area contributed by atoms with E-state index in [1.807, 2.05) is 0 Å². The van der Waals surface area contributed by atoms with E-state index in [1.165, 1.54) is 41.5 Å². The van der Waals surface area contributed by atoms with Gasteiger partial charge in [0.15, 0.2) is 0 Å². The van der Waals surface area contributed by atoms with Crippen molar-refractivity contribution in [2.24, 2.45) is 5.92 Å². The molecule has 1 saturated heterocycles. The number of carbonyl (C=O) groups is 1. The van der Waals surface area contributed by atoms with Gasteiger partial charge in [0, 0.05) is 12.1 Å². The second kappa shape index (κ2) is 9.82. The number of para-hydroxylation sites is 1. The Morgan fingerprint density at radius 3 is 2.71 bits per heavy atom. The number of carbonyl (C=O) groups excluding carboxylic acids is 1. The van der Waals surface area contributed by atoms with Crippen molar-refractivity contribution >= 4 is 23.0 Å². The van der Waals surface area contributed by atoms with Crippen LogP contribution < -0.4 is 10.2 Å². The van der Waals surface area contributed by atoms with Gasteiger partial charge in [-0.3, -0.25) is 4.79 Å². The number of epoxide rings is 1. The van der Waals surface area contributed by atoms with Gasteiger partial charge in [0.2, 0.25) is 0 Å². The molecule has 0 aromatic heterocycles. The average molecular weight is 481 g/mol. The smallest absolute Gasteiger partial charge is 0.260 e. The van der Waals surface area contributed by atoms with Gasteiger partial charge in [0.25, 0.3) is 5.91 Å². The SMILES string of the molecule is CC(=CCCC1(C)OC1CN1C(=O)c2cccc(O)c2Nc2c(O)cc(O)cc21)CCCC(C)C. The van der Waals surface area contributed by atoms with Crippen LogP contribution in [0.1, 0.15) is 70.2 Å². The molecule has 0 saturated carbocycles. The van der Waals surface area contributed by atoms with Gasteiger partial charge < -0.3 is 30.3 Å². The summed E-state index contributed by atoms with van der Waals surface area (Å²) in [6, 6.07) is 7.34. The maximum Gasteiger partial charge on any atom is 0.260 e. The Balaban J connectivity index is 1.50. The van der Waals surface area contributed by atoms with Gasteiger partial charge in [0.05, 0.1) is 29.1 Å². The molecule has 0 bridgehead atoms. The van der Waals surface area contributed by atoms with Crippen LogP contribution in [0.5, 0.6) is 17.2 Å². The first-order chi connectivity index (χ1) is 16.6. The molecule has 188 valence electrons. The molecule has 35 heavy (non-hydrogen) atoms. The second-order valence-corrected chi connectivity index (χ2v) is 10.4. The van der Waals surface area contributed by atoms with E-state index in [9.17, 15) is 20.1 Å². The normalized spacial score (nSPS) is 21.4. The first kappa shape index (κ1) is 24.9. The van der Waals surface area contributed by atoms with Crippen LogP contribution in [0.3, 0.4) is 0 Å². The first-order valence-electron chi connectivity index (χ1n) is 12.4. The van der Waals surface area contributed by atoms with Crippen molar-refractivity contribution in [2.45, 2.75) is 71.5 Å². The number of phenols is 3. The van der Waals surface area contributed by atoms with Crippen LogP contribution in [0.25, 0.3) is 0 Å². The van der Waals surface area contributed by atoms with Crippen LogP contribution in [0, 0.1) is 5.92 Å². The molecule has 4 N–H and O–H groups in total. The summed E-state index contributed by atoms with van der Waals surface area (Å²) in [5.74, 6) is -0.0887. The zero-order valence-electron chi connectivity index (χ0n) is 21.0. The third-order valence-electron chi connectivity index (χ3n) is 7.01. The van der Waals surface area contributed by atoms with Gasteiger partial charge in [-0.05, 0) is 57.6 Å². The number of allylic oxidation sites excluding steroid dienone is 2. The van der Waals surface area contributed by atoms with Crippen molar-refractivity contribution < 1.29 is 24.9 Å². The van der Waals surface area contributed by atoms with E-state index in [1.54, 1.807) is 12.1 Å². The van der Waals surface area contributed by atoms with E-state index in [2.05, 4.69) is 39.1 Å². The molecular weight excluding hydrogens is 444 g/mol. The zero-order chi connectivity index (χ0) is 25.3. The molecule has 0 aliphatic carbocycles. The first-order valence-corrected chi connectivity index (χ1v) is 12.4. The summed E-state index contributed by atoms with van der Waals surface area (Å²) in [7, 11) is 0. The highest BCUT2D eigenvalue weighted by Crippen LogP contribution is 2.48. The van der Waals surface area contributed by atoms with Crippen molar-refractivity contribution in [3.8, 4) is 17.2 Å². The molecular formula is C28H36N2O5. The fraction of sp³-hybridized carbons (Fsp3) is 0.464. The van der Waals surface area contributed by atoms with E-state index in [0.717, 1.165) is 25.2 Å². The predicted molar refractivity (Wildman–Crippen MR) is 138 cm³/mol. The molecule has 4 rings (SSSR count). The summed E-state index contributed by atoms with van der Waals surface area (Å²) in [5, 5.41) is 34.0. The summed E-state index contributed by atoms with van der Waals surface area (Å²) in [5.41, 5.74) is 2.13. The number of benzene rings is 2. The molecule has 0 spiro atoms. The summed E-state index contributed by atoms with van der Waals surface area (Å²) < 4.78 is 6.06. The quantitative estimate of drug-likeness (QED) is 0.147. The monoisotopic (exact) mass is 480 g/mol. The van der Waals surface area contributed by atoms with Crippen LogP contribution in [-0.2, 0) is 4.74 Å². The van der Waals surface area contributed by atoms with Gasteiger partial charge in [0.1, 0.15) is 29.0 Å². The molecule has 2 atom stereocenters. The number of hydrogen-bond acceptors (Lipinski definition) is 6. The Bertz CT molecular complexity index is 1140. The van der Waals surface area contributed by atoms with Gasteiger partial charge in [-0.2, -0.15) is 0 Å². The number of phenolic OH excluding ortho intramolecular Hbond substituents is 3. The highest BCUT2D eigenvalue weighted by molar-refractivity contribution is 6.15. The zero-order valence-corrected chi connectivity index (χ0v) is 21.0. The number of ether oxygens (including phenoxy) is 1. The van der Waals surface area contributed by atoms with Crippen LogP contribution in [0.15, 0.2) is 42.0 Å². The molecule has 2 aromatic rings. The van der Waals surface area contributed by atoms with E-state index < -0.39 is 0 Å². The standard InChI is InChI=1S/C28H36N2O5/c1-17(2)8-5-9-18(3)10-7-13-28(4)24(35-28)16-30-21-14-19(31)15-23(33)26(21)29-25-20(27(30)34)11-6-12-22(25)32/h6,10-12,14-15,17,24,29,31-33H,5,7-9,13,16H2,1-4H3. The van der Waals surface area contributed by atoms with Gasteiger partial charge in [-0.1, -0.05) is 38.0 Å². The van der Waals surface area contributed by atoms with Crippen molar-refractivity contribution in [2.75, 3.05) is 16.8 Å². The third-order valence-corrected chi connectivity index (χ3v) is 7.01. The lowest BCUT2D eigenvalue weighted by molar-refractivity contribution is 0.0986. The van der Waals surface area contributed by atoms with Crippen LogP contribution in [-0.4, -0.2) is 39.5 Å².